The standard InChI is InChI=1S/C19H25F3O5/c1-4-9-23-10-12-14-6-5-11(2)13-7-8-17(3)25-16(18(13,14)27-26-17)24-15(12)19(20,21)22/h4,11,13-14,16H,1,5-10H2,2-3H3/t11-,13?,14+,16-,17-,18?/m1/s1. The van der Waals surface area contributed by atoms with Gasteiger partial charge in [0.1, 0.15) is 0 Å². The lowest BCUT2D eigenvalue weighted by molar-refractivity contribution is -0.557. The van der Waals surface area contributed by atoms with Crippen molar-refractivity contribution in [2.45, 2.75) is 63.4 Å². The smallest absolute Gasteiger partial charge is 0.449 e. The van der Waals surface area contributed by atoms with Crippen LogP contribution in [0.15, 0.2) is 24.0 Å². The van der Waals surface area contributed by atoms with Gasteiger partial charge in [-0.05, 0) is 32.1 Å². The van der Waals surface area contributed by atoms with Crippen LogP contribution >= 0.6 is 0 Å². The molecule has 0 amide bonds. The molecule has 1 aliphatic carbocycles. The zero-order valence-electron chi connectivity index (χ0n) is 15.5. The van der Waals surface area contributed by atoms with E-state index in [0.29, 0.717) is 12.8 Å². The summed E-state index contributed by atoms with van der Waals surface area (Å²) in [6, 6.07) is 0. The summed E-state index contributed by atoms with van der Waals surface area (Å²) in [4.78, 5) is 11.5. The van der Waals surface area contributed by atoms with Crippen LogP contribution in [0.4, 0.5) is 13.2 Å². The van der Waals surface area contributed by atoms with Gasteiger partial charge in [-0.25, -0.2) is 9.78 Å². The SMILES string of the molecule is C=CCOCC1=C(C(F)(F)F)O[C@@H]2O[C@@]3(C)CCC4[C@H](C)CC[C@@H]1C42OO3. The lowest BCUT2D eigenvalue weighted by atomic mass is 9.59. The average molecular weight is 390 g/mol. The molecule has 2 bridgehead atoms. The average Bonchev–Trinajstić information content (AvgIpc) is 2.83. The number of halogens is 3. The van der Waals surface area contributed by atoms with E-state index >= 15 is 0 Å². The molecule has 5 nitrogen and oxygen atoms in total. The number of allylic oxidation sites excluding steroid dienone is 1. The summed E-state index contributed by atoms with van der Waals surface area (Å²) in [6.07, 6.45) is -1.66. The molecule has 0 aromatic rings. The summed E-state index contributed by atoms with van der Waals surface area (Å²) in [5.74, 6) is -2.41. The maximum Gasteiger partial charge on any atom is 0.449 e. The van der Waals surface area contributed by atoms with Crippen molar-refractivity contribution in [1.82, 2.24) is 0 Å². The third-order valence-electron chi connectivity index (χ3n) is 6.41. The Morgan fingerprint density at radius 3 is 2.74 bits per heavy atom. The topological polar surface area (TPSA) is 46.2 Å². The minimum Gasteiger partial charge on any atom is -0.456 e. The van der Waals surface area contributed by atoms with Gasteiger partial charge >= 0.3 is 6.18 Å². The number of hydrogen-bond acceptors (Lipinski definition) is 5. The van der Waals surface area contributed by atoms with Crippen LogP contribution in [0.3, 0.4) is 0 Å². The van der Waals surface area contributed by atoms with Gasteiger partial charge in [0.25, 0.3) is 0 Å². The Bertz CT molecular complexity index is 648. The maximum absolute atomic E-state index is 13.8. The monoisotopic (exact) mass is 390 g/mol. The largest absolute Gasteiger partial charge is 0.456 e. The fourth-order valence-electron chi connectivity index (χ4n) is 5.16. The molecule has 4 aliphatic heterocycles. The molecule has 4 heterocycles. The molecule has 2 unspecified atom stereocenters. The Kier molecular flexibility index (Phi) is 4.61. The van der Waals surface area contributed by atoms with Crippen LogP contribution in [0.2, 0.25) is 0 Å². The van der Waals surface area contributed by atoms with Crippen LogP contribution in [0, 0.1) is 17.8 Å². The Balaban J connectivity index is 1.82. The predicted molar refractivity (Wildman–Crippen MR) is 88.0 cm³/mol. The van der Waals surface area contributed by atoms with Gasteiger partial charge in [0.2, 0.25) is 17.8 Å². The number of ether oxygens (including phenoxy) is 3. The summed E-state index contributed by atoms with van der Waals surface area (Å²) in [5.41, 5.74) is -1.01. The van der Waals surface area contributed by atoms with Crippen LogP contribution in [-0.4, -0.2) is 37.1 Å². The number of alkyl halides is 3. The van der Waals surface area contributed by atoms with Crippen LogP contribution in [0.1, 0.15) is 39.5 Å². The molecule has 8 heteroatoms. The van der Waals surface area contributed by atoms with E-state index in [-0.39, 0.29) is 30.6 Å². The number of rotatable bonds is 4. The highest BCUT2D eigenvalue weighted by atomic mass is 19.4. The molecular weight excluding hydrogens is 365 g/mol. The van der Waals surface area contributed by atoms with Crippen LogP contribution in [0.5, 0.6) is 0 Å². The van der Waals surface area contributed by atoms with Gasteiger partial charge in [0.15, 0.2) is 5.60 Å². The zero-order chi connectivity index (χ0) is 19.4. The molecule has 3 saturated heterocycles. The maximum atomic E-state index is 13.8. The summed E-state index contributed by atoms with van der Waals surface area (Å²) in [5, 5.41) is 0. The van der Waals surface area contributed by atoms with E-state index in [1.807, 2.05) is 0 Å². The van der Waals surface area contributed by atoms with Crippen molar-refractivity contribution in [2.75, 3.05) is 13.2 Å². The first kappa shape index (κ1) is 19.2. The van der Waals surface area contributed by atoms with E-state index in [1.54, 1.807) is 6.92 Å². The van der Waals surface area contributed by atoms with Crippen molar-refractivity contribution >= 4 is 0 Å². The van der Waals surface area contributed by atoms with E-state index < -0.39 is 35.5 Å². The van der Waals surface area contributed by atoms with Gasteiger partial charge in [-0.1, -0.05) is 13.0 Å². The molecular formula is C19H25F3O5. The third-order valence-corrected chi connectivity index (χ3v) is 6.41. The number of fused-ring (bicyclic) bond motifs is 2. The molecule has 27 heavy (non-hydrogen) atoms. The fraction of sp³-hybridized carbons (Fsp3) is 0.789. The third kappa shape index (κ3) is 2.92. The van der Waals surface area contributed by atoms with E-state index in [0.717, 1.165) is 12.8 Å². The Labute approximate surface area is 156 Å². The molecule has 1 saturated carbocycles. The lowest BCUT2D eigenvalue weighted by Gasteiger charge is -2.57. The van der Waals surface area contributed by atoms with Gasteiger partial charge in [-0.3, -0.25) is 0 Å². The van der Waals surface area contributed by atoms with Crippen molar-refractivity contribution < 1.29 is 37.2 Å². The molecule has 0 aromatic carbocycles. The molecule has 6 atom stereocenters. The van der Waals surface area contributed by atoms with E-state index in [1.165, 1.54) is 6.08 Å². The quantitative estimate of drug-likeness (QED) is 0.408. The van der Waals surface area contributed by atoms with Gasteiger partial charge < -0.3 is 14.2 Å². The fourth-order valence-corrected chi connectivity index (χ4v) is 5.16. The molecule has 5 rings (SSSR count). The van der Waals surface area contributed by atoms with Crippen LogP contribution in [-0.2, 0) is 24.0 Å². The number of hydrogen-bond donors (Lipinski definition) is 0. The van der Waals surface area contributed by atoms with Crippen molar-refractivity contribution in [1.29, 1.82) is 0 Å². The minimum absolute atomic E-state index is 0.0187. The van der Waals surface area contributed by atoms with Crippen LogP contribution < -0.4 is 0 Å². The summed E-state index contributed by atoms with van der Waals surface area (Å²) < 4.78 is 58.2. The predicted octanol–water partition coefficient (Wildman–Crippen LogP) is 4.25. The highest BCUT2D eigenvalue weighted by Gasteiger charge is 2.70. The van der Waals surface area contributed by atoms with Gasteiger partial charge in [-0.2, -0.15) is 13.2 Å². The summed E-state index contributed by atoms with van der Waals surface area (Å²) in [7, 11) is 0. The summed E-state index contributed by atoms with van der Waals surface area (Å²) >= 11 is 0. The van der Waals surface area contributed by atoms with E-state index in [9.17, 15) is 13.2 Å². The van der Waals surface area contributed by atoms with Crippen LogP contribution in [0.25, 0.3) is 0 Å². The van der Waals surface area contributed by atoms with E-state index in [4.69, 9.17) is 24.0 Å². The van der Waals surface area contributed by atoms with Crippen molar-refractivity contribution in [3.8, 4) is 0 Å². The molecule has 5 aliphatic rings. The minimum atomic E-state index is -4.64. The Morgan fingerprint density at radius 1 is 1.26 bits per heavy atom. The second-order valence-corrected chi connectivity index (χ2v) is 8.13. The second-order valence-electron chi connectivity index (χ2n) is 8.13. The molecule has 0 N–H and O–H groups in total. The van der Waals surface area contributed by atoms with Crippen molar-refractivity contribution in [3.05, 3.63) is 24.0 Å². The van der Waals surface area contributed by atoms with E-state index in [2.05, 4.69) is 13.5 Å². The summed E-state index contributed by atoms with van der Waals surface area (Å²) in [6.45, 7) is 7.30. The first-order valence-corrected chi connectivity index (χ1v) is 9.41. The molecule has 1 spiro atoms. The highest BCUT2D eigenvalue weighted by Crippen LogP contribution is 2.61. The molecule has 4 fully saturated rings. The molecule has 0 radical (unpaired) electrons. The molecule has 0 aromatic heterocycles. The first-order valence-electron chi connectivity index (χ1n) is 9.41. The van der Waals surface area contributed by atoms with Gasteiger partial charge in [-0.15, -0.1) is 6.58 Å². The van der Waals surface area contributed by atoms with Crippen molar-refractivity contribution in [2.24, 2.45) is 17.8 Å². The Morgan fingerprint density at radius 2 is 2.04 bits per heavy atom. The second kappa shape index (κ2) is 6.47. The first-order chi connectivity index (χ1) is 12.7. The zero-order valence-corrected chi connectivity index (χ0v) is 15.5. The highest BCUT2D eigenvalue weighted by molar-refractivity contribution is 5.28. The van der Waals surface area contributed by atoms with Gasteiger partial charge in [0.05, 0.1) is 13.2 Å². The van der Waals surface area contributed by atoms with Gasteiger partial charge in [0, 0.05) is 23.8 Å². The lowest BCUT2D eigenvalue weighted by Crippen LogP contribution is -2.67. The Hall–Kier alpha value is -1.09. The molecule has 152 valence electrons. The van der Waals surface area contributed by atoms with Crippen molar-refractivity contribution in [3.63, 3.8) is 0 Å². The normalized spacial score (nSPS) is 43.7.